The molecule has 0 aliphatic heterocycles. The zero-order valence-electron chi connectivity index (χ0n) is 9.30. The molecule has 0 bridgehead atoms. The Kier molecular flexibility index (Phi) is 3.61. The van der Waals surface area contributed by atoms with Gasteiger partial charge in [0, 0.05) is 19.3 Å². The average molecular weight is 242 g/mol. The van der Waals surface area contributed by atoms with E-state index in [1.165, 1.54) is 0 Å². The summed E-state index contributed by atoms with van der Waals surface area (Å²) < 4.78 is 0. The Bertz CT molecular complexity index is 353. The van der Waals surface area contributed by atoms with E-state index in [9.17, 15) is 5.11 Å². The molecule has 0 amide bonds. The number of aliphatic hydroxyl groups excluding tert-OH is 1. The highest BCUT2D eigenvalue weighted by Gasteiger charge is 2.24. The van der Waals surface area contributed by atoms with Crippen LogP contribution in [0.4, 0.5) is 5.95 Å². The highest BCUT2D eigenvalue weighted by atomic mass is 35.5. The second-order valence-electron chi connectivity index (χ2n) is 4.25. The normalized spacial score (nSPS) is 25.4. The first kappa shape index (κ1) is 11.6. The number of anilines is 1. The van der Waals surface area contributed by atoms with Gasteiger partial charge < -0.3 is 10.0 Å². The molecule has 1 fully saturated rings. The minimum atomic E-state index is -0.134. The molecule has 0 aromatic carbocycles. The predicted molar refractivity (Wildman–Crippen MR) is 63.7 cm³/mol. The highest BCUT2D eigenvalue weighted by Crippen LogP contribution is 2.24. The Morgan fingerprint density at radius 2 is 2.06 bits per heavy atom. The summed E-state index contributed by atoms with van der Waals surface area (Å²) >= 11 is 5.83. The summed E-state index contributed by atoms with van der Waals surface area (Å²) in [5.41, 5.74) is 0. The lowest BCUT2D eigenvalue weighted by Crippen LogP contribution is -2.37. The van der Waals surface area contributed by atoms with Crippen LogP contribution in [0, 0.1) is 0 Å². The maximum absolute atomic E-state index is 9.45. The fourth-order valence-electron chi connectivity index (χ4n) is 2.11. The van der Waals surface area contributed by atoms with Crippen LogP contribution in [0.25, 0.3) is 0 Å². The quantitative estimate of drug-likeness (QED) is 0.804. The number of halogens is 1. The zero-order valence-corrected chi connectivity index (χ0v) is 10.1. The van der Waals surface area contributed by atoms with Crippen molar-refractivity contribution in [3.63, 3.8) is 0 Å². The van der Waals surface area contributed by atoms with Gasteiger partial charge in [0.1, 0.15) is 5.15 Å². The van der Waals surface area contributed by atoms with Gasteiger partial charge in [0.05, 0.1) is 6.10 Å². The van der Waals surface area contributed by atoms with Gasteiger partial charge in [-0.2, -0.15) is 0 Å². The van der Waals surface area contributed by atoms with Crippen LogP contribution >= 0.6 is 11.6 Å². The SMILES string of the molecule is CN(c1nccc(Cl)n1)C1CCC(O)CC1. The van der Waals surface area contributed by atoms with E-state index in [4.69, 9.17) is 11.6 Å². The molecule has 0 radical (unpaired) electrons. The van der Waals surface area contributed by atoms with Gasteiger partial charge in [-0.05, 0) is 31.7 Å². The molecule has 16 heavy (non-hydrogen) atoms. The maximum atomic E-state index is 9.45. The van der Waals surface area contributed by atoms with Crippen molar-refractivity contribution >= 4 is 17.5 Å². The second-order valence-corrected chi connectivity index (χ2v) is 4.64. The Balaban J connectivity index is 2.04. The van der Waals surface area contributed by atoms with Gasteiger partial charge in [-0.15, -0.1) is 0 Å². The minimum absolute atomic E-state index is 0.134. The molecule has 1 aromatic rings. The second kappa shape index (κ2) is 4.97. The van der Waals surface area contributed by atoms with E-state index in [1.54, 1.807) is 12.3 Å². The van der Waals surface area contributed by atoms with E-state index in [1.807, 2.05) is 7.05 Å². The standard InChI is InChI=1S/C11H16ClN3O/c1-15(8-2-4-9(16)5-3-8)11-13-7-6-10(12)14-11/h6-9,16H,2-5H2,1H3. The molecule has 0 unspecified atom stereocenters. The molecule has 88 valence electrons. The van der Waals surface area contributed by atoms with Crippen LogP contribution in [0.1, 0.15) is 25.7 Å². The Labute approximate surface area is 100 Å². The molecule has 5 heteroatoms. The molecule has 0 atom stereocenters. The van der Waals surface area contributed by atoms with Crippen molar-refractivity contribution in [3.8, 4) is 0 Å². The smallest absolute Gasteiger partial charge is 0.226 e. The van der Waals surface area contributed by atoms with Crippen molar-refractivity contribution in [1.29, 1.82) is 0 Å². The summed E-state index contributed by atoms with van der Waals surface area (Å²) in [5, 5.41) is 9.92. The first-order chi connectivity index (χ1) is 7.66. The molecule has 1 heterocycles. The van der Waals surface area contributed by atoms with Crippen LogP contribution in [0.2, 0.25) is 5.15 Å². The molecule has 4 nitrogen and oxygen atoms in total. The van der Waals surface area contributed by atoms with Gasteiger partial charge in [0.25, 0.3) is 0 Å². The summed E-state index contributed by atoms with van der Waals surface area (Å²) in [5.74, 6) is 0.661. The van der Waals surface area contributed by atoms with E-state index in [-0.39, 0.29) is 6.10 Å². The van der Waals surface area contributed by atoms with Crippen molar-refractivity contribution in [2.75, 3.05) is 11.9 Å². The van der Waals surface area contributed by atoms with Gasteiger partial charge >= 0.3 is 0 Å². The molecule has 1 aliphatic rings. The lowest BCUT2D eigenvalue weighted by molar-refractivity contribution is 0.122. The van der Waals surface area contributed by atoms with Crippen LogP contribution in [0.5, 0.6) is 0 Å². The highest BCUT2D eigenvalue weighted by molar-refractivity contribution is 6.29. The third kappa shape index (κ3) is 2.62. The number of aliphatic hydroxyl groups is 1. The van der Waals surface area contributed by atoms with Crippen molar-refractivity contribution in [2.45, 2.75) is 37.8 Å². The number of hydrogen-bond donors (Lipinski definition) is 1. The van der Waals surface area contributed by atoms with Crippen LogP contribution in [0.3, 0.4) is 0 Å². The van der Waals surface area contributed by atoms with Gasteiger partial charge in [0.15, 0.2) is 0 Å². The van der Waals surface area contributed by atoms with Crippen LogP contribution in [-0.2, 0) is 0 Å². The Morgan fingerprint density at radius 3 is 2.69 bits per heavy atom. The van der Waals surface area contributed by atoms with E-state index in [0.717, 1.165) is 25.7 Å². The summed E-state index contributed by atoms with van der Waals surface area (Å²) in [4.78, 5) is 10.4. The summed E-state index contributed by atoms with van der Waals surface area (Å²) in [7, 11) is 1.98. The van der Waals surface area contributed by atoms with Gasteiger partial charge in [-0.1, -0.05) is 11.6 Å². The number of hydrogen-bond acceptors (Lipinski definition) is 4. The molecular formula is C11H16ClN3O. The molecule has 2 rings (SSSR count). The van der Waals surface area contributed by atoms with E-state index < -0.39 is 0 Å². The first-order valence-electron chi connectivity index (χ1n) is 5.56. The monoisotopic (exact) mass is 241 g/mol. The summed E-state index contributed by atoms with van der Waals surface area (Å²) in [6, 6.07) is 2.07. The number of rotatable bonds is 2. The molecule has 1 aliphatic carbocycles. The van der Waals surface area contributed by atoms with E-state index >= 15 is 0 Å². The van der Waals surface area contributed by atoms with Gasteiger partial charge in [-0.3, -0.25) is 0 Å². The summed E-state index contributed by atoms with van der Waals surface area (Å²) in [6.45, 7) is 0. The fourth-order valence-corrected chi connectivity index (χ4v) is 2.24. The van der Waals surface area contributed by atoms with Crippen LogP contribution in [0.15, 0.2) is 12.3 Å². The fraction of sp³-hybridized carbons (Fsp3) is 0.636. The number of aromatic nitrogens is 2. The lowest BCUT2D eigenvalue weighted by atomic mass is 9.92. The van der Waals surface area contributed by atoms with Crippen LogP contribution in [-0.4, -0.2) is 34.3 Å². The zero-order chi connectivity index (χ0) is 11.5. The van der Waals surface area contributed by atoms with Crippen molar-refractivity contribution in [3.05, 3.63) is 17.4 Å². The molecular weight excluding hydrogens is 226 g/mol. The molecule has 0 saturated heterocycles. The largest absolute Gasteiger partial charge is 0.393 e. The molecule has 1 N–H and O–H groups in total. The van der Waals surface area contributed by atoms with Crippen LogP contribution < -0.4 is 4.90 Å². The van der Waals surface area contributed by atoms with Gasteiger partial charge in [-0.25, -0.2) is 9.97 Å². The predicted octanol–water partition coefficient (Wildman–Crippen LogP) is 1.87. The Morgan fingerprint density at radius 1 is 1.38 bits per heavy atom. The number of nitrogens with zero attached hydrogens (tertiary/aromatic N) is 3. The molecule has 1 saturated carbocycles. The van der Waals surface area contributed by atoms with Gasteiger partial charge in [0.2, 0.25) is 5.95 Å². The molecule has 0 spiro atoms. The average Bonchev–Trinajstić information content (AvgIpc) is 2.29. The van der Waals surface area contributed by atoms with E-state index in [0.29, 0.717) is 17.1 Å². The third-order valence-corrected chi connectivity index (χ3v) is 3.35. The van der Waals surface area contributed by atoms with Crippen molar-refractivity contribution in [2.24, 2.45) is 0 Å². The minimum Gasteiger partial charge on any atom is -0.393 e. The third-order valence-electron chi connectivity index (χ3n) is 3.14. The van der Waals surface area contributed by atoms with Crippen molar-refractivity contribution in [1.82, 2.24) is 9.97 Å². The summed E-state index contributed by atoms with van der Waals surface area (Å²) in [6.07, 6.45) is 5.20. The lowest BCUT2D eigenvalue weighted by Gasteiger charge is -2.33. The topological polar surface area (TPSA) is 49.2 Å². The first-order valence-corrected chi connectivity index (χ1v) is 5.94. The van der Waals surface area contributed by atoms with Crippen molar-refractivity contribution < 1.29 is 5.11 Å². The van der Waals surface area contributed by atoms with E-state index in [2.05, 4.69) is 14.9 Å². The Hall–Kier alpha value is -0.870. The molecule has 1 aromatic heterocycles. The maximum Gasteiger partial charge on any atom is 0.226 e.